The number of ether oxygens (including phenoxy) is 1. The number of rotatable bonds is 4. The van der Waals surface area contributed by atoms with Gasteiger partial charge in [-0.25, -0.2) is 19.9 Å². The lowest BCUT2D eigenvalue weighted by Crippen LogP contribution is -2.37. The predicted molar refractivity (Wildman–Crippen MR) is 104 cm³/mol. The molecule has 11 heteroatoms. The van der Waals surface area contributed by atoms with E-state index in [2.05, 4.69) is 19.9 Å². The molecule has 7 nitrogen and oxygen atoms in total. The maximum atomic E-state index is 12.6. The van der Waals surface area contributed by atoms with Crippen molar-refractivity contribution in [2.75, 3.05) is 19.7 Å². The molecule has 4 heterocycles. The third-order valence-electron chi connectivity index (χ3n) is 4.88. The van der Waals surface area contributed by atoms with Crippen LogP contribution < -0.4 is 4.74 Å². The highest BCUT2D eigenvalue weighted by Gasteiger charge is 2.29. The Hall–Kier alpha value is -2.82. The summed E-state index contributed by atoms with van der Waals surface area (Å²) in [6.07, 6.45) is 1.24. The first-order valence-corrected chi connectivity index (χ1v) is 10.1. The molecule has 0 aromatic carbocycles. The number of hydrogen-bond donors (Lipinski definition) is 0. The Morgan fingerprint density at radius 3 is 2.63 bits per heavy atom. The Bertz CT molecular complexity index is 1060. The molecule has 1 aliphatic heterocycles. The largest absolute Gasteiger partial charge is 0.482 e. The standard InChI is InChI=1S/C19H18F3N5O2S/c1-11-23-8-15(30-11)18(28)27-4-2-12(3-5-27)16-17-14(25-10-26-16)6-13(7-24-17)29-9-19(20,21)22/h6-8,10,12H,2-5,9H2,1H3. The predicted octanol–water partition coefficient (Wildman–Crippen LogP) is 3.75. The average Bonchev–Trinajstić information content (AvgIpc) is 3.17. The smallest absolute Gasteiger partial charge is 0.422 e. The molecule has 3 aromatic rings. The van der Waals surface area contributed by atoms with Crippen LogP contribution in [-0.4, -0.2) is 56.6 Å². The SMILES string of the molecule is Cc1ncc(C(=O)N2CCC(c3ncnc4cc(OCC(F)(F)F)cnc34)CC2)s1. The number of pyridine rings is 1. The summed E-state index contributed by atoms with van der Waals surface area (Å²) in [6, 6.07) is 1.43. The molecule has 1 saturated heterocycles. The van der Waals surface area contributed by atoms with Crippen LogP contribution in [0.3, 0.4) is 0 Å². The molecular formula is C19H18F3N5O2S. The minimum atomic E-state index is -4.42. The fourth-order valence-electron chi connectivity index (χ4n) is 3.46. The molecule has 0 N–H and O–H groups in total. The molecule has 0 spiro atoms. The number of halogens is 3. The Morgan fingerprint density at radius 1 is 1.20 bits per heavy atom. The first-order chi connectivity index (χ1) is 14.3. The average molecular weight is 437 g/mol. The van der Waals surface area contributed by atoms with Crippen LogP contribution in [0.2, 0.25) is 0 Å². The van der Waals surface area contributed by atoms with E-state index < -0.39 is 12.8 Å². The zero-order chi connectivity index (χ0) is 21.3. The first-order valence-electron chi connectivity index (χ1n) is 9.32. The maximum Gasteiger partial charge on any atom is 0.422 e. The summed E-state index contributed by atoms with van der Waals surface area (Å²) in [5.41, 5.74) is 1.71. The number of carbonyl (C=O) groups is 1. The normalized spacial score (nSPS) is 15.5. The van der Waals surface area contributed by atoms with Crippen LogP contribution >= 0.6 is 11.3 Å². The fourth-order valence-corrected chi connectivity index (χ4v) is 4.21. The van der Waals surface area contributed by atoms with Gasteiger partial charge in [0, 0.05) is 25.1 Å². The first kappa shape index (κ1) is 20.5. The Morgan fingerprint density at radius 2 is 1.97 bits per heavy atom. The topological polar surface area (TPSA) is 81.1 Å². The van der Waals surface area contributed by atoms with Crippen molar-refractivity contribution in [1.29, 1.82) is 0 Å². The van der Waals surface area contributed by atoms with Gasteiger partial charge in [-0.3, -0.25) is 4.79 Å². The van der Waals surface area contributed by atoms with Gasteiger partial charge in [-0.1, -0.05) is 0 Å². The third-order valence-corrected chi connectivity index (χ3v) is 5.78. The zero-order valence-electron chi connectivity index (χ0n) is 16.0. The van der Waals surface area contributed by atoms with Gasteiger partial charge in [0.25, 0.3) is 5.91 Å². The van der Waals surface area contributed by atoms with E-state index in [0.717, 1.165) is 10.7 Å². The van der Waals surface area contributed by atoms with Crippen molar-refractivity contribution < 1.29 is 22.7 Å². The van der Waals surface area contributed by atoms with Crippen LogP contribution in [0.15, 0.2) is 24.8 Å². The number of piperidine rings is 1. The highest BCUT2D eigenvalue weighted by atomic mass is 32.1. The van der Waals surface area contributed by atoms with E-state index in [-0.39, 0.29) is 17.6 Å². The Labute approximate surface area is 173 Å². The van der Waals surface area contributed by atoms with Crippen LogP contribution in [0.5, 0.6) is 5.75 Å². The molecule has 0 aliphatic carbocycles. The molecule has 158 valence electrons. The van der Waals surface area contributed by atoms with E-state index in [1.54, 1.807) is 6.20 Å². The Kier molecular flexibility index (Phi) is 5.54. The van der Waals surface area contributed by atoms with Crippen LogP contribution in [0.1, 0.15) is 39.1 Å². The summed E-state index contributed by atoms with van der Waals surface area (Å²) >= 11 is 1.38. The number of hydrogen-bond acceptors (Lipinski definition) is 7. The molecular weight excluding hydrogens is 419 g/mol. The summed E-state index contributed by atoms with van der Waals surface area (Å²) in [6.45, 7) is 1.64. The molecule has 0 saturated carbocycles. The zero-order valence-corrected chi connectivity index (χ0v) is 16.8. The quantitative estimate of drug-likeness (QED) is 0.618. The lowest BCUT2D eigenvalue weighted by molar-refractivity contribution is -0.153. The van der Waals surface area contributed by atoms with Gasteiger partial charge in [-0.15, -0.1) is 11.3 Å². The van der Waals surface area contributed by atoms with E-state index in [1.165, 1.54) is 29.9 Å². The van der Waals surface area contributed by atoms with E-state index >= 15 is 0 Å². The van der Waals surface area contributed by atoms with Gasteiger partial charge in [0.05, 0.1) is 28.6 Å². The monoisotopic (exact) mass is 437 g/mol. The van der Waals surface area contributed by atoms with E-state index in [1.807, 2.05) is 11.8 Å². The molecule has 0 bridgehead atoms. The summed E-state index contributed by atoms with van der Waals surface area (Å²) in [5, 5.41) is 0.852. The molecule has 1 amide bonds. The minimum Gasteiger partial charge on any atom is -0.482 e. The van der Waals surface area contributed by atoms with Gasteiger partial charge in [-0.2, -0.15) is 13.2 Å². The molecule has 0 unspecified atom stereocenters. The maximum absolute atomic E-state index is 12.6. The van der Waals surface area contributed by atoms with Crippen molar-refractivity contribution in [2.45, 2.75) is 31.9 Å². The summed E-state index contributed by atoms with van der Waals surface area (Å²) in [4.78, 5) is 31.9. The molecule has 3 aromatic heterocycles. The van der Waals surface area contributed by atoms with Crippen LogP contribution in [0.25, 0.3) is 11.0 Å². The number of nitrogens with zero attached hydrogens (tertiary/aromatic N) is 5. The number of thiazole rings is 1. The lowest BCUT2D eigenvalue weighted by atomic mass is 9.92. The molecule has 1 aliphatic rings. The fraction of sp³-hybridized carbons (Fsp3) is 0.421. The highest BCUT2D eigenvalue weighted by Crippen LogP contribution is 2.32. The van der Waals surface area contributed by atoms with E-state index in [4.69, 9.17) is 4.74 Å². The highest BCUT2D eigenvalue weighted by molar-refractivity contribution is 7.13. The molecule has 30 heavy (non-hydrogen) atoms. The van der Waals surface area contributed by atoms with Gasteiger partial charge < -0.3 is 9.64 Å². The second-order valence-electron chi connectivity index (χ2n) is 7.01. The van der Waals surface area contributed by atoms with Crippen LogP contribution in [-0.2, 0) is 0 Å². The van der Waals surface area contributed by atoms with Crippen molar-refractivity contribution in [1.82, 2.24) is 24.8 Å². The lowest BCUT2D eigenvalue weighted by Gasteiger charge is -2.31. The second-order valence-corrected chi connectivity index (χ2v) is 8.25. The molecule has 0 radical (unpaired) electrons. The summed E-state index contributed by atoms with van der Waals surface area (Å²) in [7, 11) is 0. The van der Waals surface area contributed by atoms with Crippen molar-refractivity contribution >= 4 is 28.3 Å². The minimum absolute atomic E-state index is 0.00439. The number of alkyl halides is 3. The van der Waals surface area contributed by atoms with Crippen molar-refractivity contribution in [3.05, 3.63) is 40.4 Å². The number of aromatic nitrogens is 4. The molecule has 1 fully saturated rings. The van der Waals surface area contributed by atoms with Crippen molar-refractivity contribution in [3.8, 4) is 5.75 Å². The van der Waals surface area contributed by atoms with Crippen LogP contribution in [0.4, 0.5) is 13.2 Å². The van der Waals surface area contributed by atoms with Gasteiger partial charge >= 0.3 is 6.18 Å². The van der Waals surface area contributed by atoms with E-state index in [9.17, 15) is 18.0 Å². The third kappa shape index (κ3) is 4.50. The molecule has 4 rings (SSSR count). The van der Waals surface area contributed by atoms with E-state index in [0.29, 0.717) is 41.8 Å². The van der Waals surface area contributed by atoms with Crippen molar-refractivity contribution in [2.24, 2.45) is 0 Å². The van der Waals surface area contributed by atoms with Gasteiger partial charge in [0.2, 0.25) is 0 Å². The van der Waals surface area contributed by atoms with Gasteiger partial charge in [0.15, 0.2) is 6.61 Å². The van der Waals surface area contributed by atoms with Crippen LogP contribution in [0, 0.1) is 6.92 Å². The van der Waals surface area contributed by atoms with Gasteiger partial charge in [0.1, 0.15) is 22.5 Å². The Balaban J connectivity index is 1.47. The van der Waals surface area contributed by atoms with Gasteiger partial charge in [-0.05, 0) is 19.8 Å². The summed E-state index contributed by atoms with van der Waals surface area (Å²) < 4.78 is 41.8. The van der Waals surface area contributed by atoms with Crippen molar-refractivity contribution in [3.63, 3.8) is 0 Å². The number of carbonyl (C=O) groups excluding carboxylic acids is 1. The summed E-state index contributed by atoms with van der Waals surface area (Å²) in [5.74, 6) is 0.0677. The number of aryl methyl sites for hydroxylation is 1. The molecule has 0 atom stereocenters. The second kappa shape index (κ2) is 8.13. The number of amides is 1. The number of fused-ring (bicyclic) bond motifs is 1. The number of likely N-dealkylation sites (tertiary alicyclic amines) is 1.